The van der Waals surface area contributed by atoms with Gasteiger partial charge in [0.15, 0.2) is 0 Å². The van der Waals surface area contributed by atoms with Crippen LogP contribution in [0, 0.1) is 26.2 Å². The van der Waals surface area contributed by atoms with Crippen molar-refractivity contribution in [1.29, 1.82) is 0 Å². The van der Waals surface area contributed by atoms with Crippen LogP contribution in [-0.2, 0) is 0 Å². The van der Waals surface area contributed by atoms with Gasteiger partial charge >= 0.3 is 0 Å². The highest BCUT2D eigenvalue weighted by Crippen LogP contribution is 2.21. The van der Waals surface area contributed by atoms with Gasteiger partial charge in [-0.25, -0.2) is 0 Å². The van der Waals surface area contributed by atoms with Gasteiger partial charge in [0.2, 0.25) is 0 Å². The van der Waals surface area contributed by atoms with Crippen LogP contribution in [0.15, 0.2) is 47.5 Å². The van der Waals surface area contributed by atoms with Crippen molar-refractivity contribution in [2.75, 3.05) is 6.61 Å². The summed E-state index contributed by atoms with van der Waals surface area (Å²) in [5.41, 5.74) is 4.23. The van der Waals surface area contributed by atoms with E-state index < -0.39 is 0 Å². The van der Waals surface area contributed by atoms with Crippen LogP contribution in [0.2, 0.25) is 0 Å². The molecule has 2 aromatic rings. The van der Waals surface area contributed by atoms with E-state index in [2.05, 4.69) is 36.0 Å². The number of rotatable bonds is 4. The van der Waals surface area contributed by atoms with Crippen LogP contribution in [0.4, 0.5) is 5.69 Å². The number of ether oxygens (including phenoxy) is 1. The van der Waals surface area contributed by atoms with Crippen LogP contribution < -0.4 is 4.74 Å². The minimum atomic E-state index is 0.258. The Labute approximate surface area is 120 Å². The molecule has 2 heteroatoms. The van der Waals surface area contributed by atoms with Crippen LogP contribution in [0.25, 0.3) is 0 Å². The molecule has 0 saturated carbocycles. The second kappa shape index (κ2) is 6.58. The van der Waals surface area contributed by atoms with Gasteiger partial charge in [-0.05, 0) is 43.2 Å². The fraction of sp³-hybridized carbons (Fsp3) is 0.167. The minimum absolute atomic E-state index is 0.258. The quantitative estimate of drug-likeness (QED) is 0.602. The summed E-state index contributed by atoms with van der Waals surface area (Å²) in [6.45, 7) is 4.36. The first-order chi connectivity index (χ1) is 9.70. The fourth-order valence-corrected chi connectivity index (χ4v) is 1.84. The molecule has 0 N–H and O–H groups in total. The van der Waals surface area contributed by atoms with Gasteiger partial charge in [-0.3, -0.25) is 4.99 Å². The van der Waals surface area contributed by atoms with Crippen molar-refractivity contribution in [3.8, 4) is 18.1 Å². The Morgan fingerprint density at radius 1 is 1.20 bits per heavy atom. The molecule has 2 aromatic carbocycles. The van der Waals surface area contributed by atoms with E-state index in [9.17, 15) is 0 Å². The Balaban J connectivity index is 2.27. The molecule has 0 unspecified atom stereocenters. The zero-order valence-corrected chi connectivity index (χ0v) is 11.8. The van der Waals surface area contributed by atoms with Gasteiger partial charge in [0.05, 0.1) is 5.69 Å². The Hall–Kier alpha value is -2.53. The van der Waals surface area contributed by atoms with E-state index in [1.807, 2.05) is 37.4 Å². The highest BCUT2D eigenvalue weighted by molar-refractivity contribution is 5.85. The molecule has 0 amide bonds. The fourth-order valence-electron chi connectivity index (χ4n) is 1.84. The van der Waals surface area contributed by atoms with E-state index in [4.69, 9.17) is 11.2 Å². The number of hydrogen-bond acceptors (Lipinski definition) is 2. The van der Waals surface area contributed by atoms with Gasteiger partial charge in [-0.2, -0.15) is 0 Å². The SMILES string of the molecule is C#CCOc1ccccc1C=Nc1cc(C)ccc1C. The smallest absolute Gasteiger partial charge is 0.148 e. The molecule has 0 aliphatic rings. The maximum atomic E-state index is 5.50. The summed E-state index contributed by atoms with van der Waals surface area (Å²) in [5, 5.41) is 0. The van der Waals surface area contributed by atoms with Crippen LogP contribution in [0.3, 0.4) is 0 Å². The summed E-state index contributed by atoms with van der Waals surface area (Å²) < 4.78 is 5.50. The molecule has 0 fully saturated rings. The van der Waals surface area contributed by atoms with Crippen LogP contribution >= 0.6 is 0 Å². The molecule has 0 radical (unpaired) electrons. The van der Waals surface area contributed by atoms with Crippen molar-refractivity contribution >= 4 is 11.9 Å². The second-order valence-corrected chi connectivity index (χ2v) is 4.58. The van der Waals surface area contributed by atoms with Crippen molar-refractivity contribution in [2.24, 2.45) is 4.99 Å². The second-order valence-electron chi connectivity index (χ2n) is 4.58. The lowest BCUT2D eigenvalue weighted by Crippen LogP contribution is -1.97. The summed E-state index contributed by atoms with van der Waals surface area (Å²) in [4.78, 5) is 4.55. The Morgan fingerprint density at radius 3 is 2.80 bits per heavy atom. The molecule has 0 aliphatic heterocycles. The van der Waals surface area contributed by atoms with Crippen molar-refractivity contribution in [2.45, 2.75) is 13.8 Å². The largest absolute Gasteiger partial charge is 0.480 e. The molecular weight excluding hydrogens is 246 g/mol. The summed E-state index contributed by atoms with van der Waals surface area (Å²) in [5.74, 6) is 3.22. The van der Waals surface area contributed by atoms with Gasteiger partial charge in [0, 0.05) is 11.8 Å². The summed E-state index contributed by atoms with van der Waals surface area (Å²) in [6.07, 6.45) is 7.03. The molecule has 0 aliphatic carbocycles. The Bertz CT molecular complexity index is 665. The third-order valence-electron chi connectivity index (χ3n) is 2.94. The monoisotopic (exact) mass is 263 g/mol. The first-order valence-corrected chi connectivity index (χ1v) is 6.47. The lowest BCUT2D eigenvalue weighted by molar-refractivity contribution is 0.370. The molecule has 2 rings (SSSR count). The van der Waals surface area contributed by atoms with Crippen molar-refractivity contribution in [3.63, 3.8) is 0 Å². The molecule has 20 heavy (non-hydrogen) atoms. The summed E-state index contributed by atoms with van der Waals surface area (Å²) >= 11 is 0. The van der Waals surface area contributed by atoms with Gasteiger partial charge in [-0.15, -0.1) is 6.42 Å². The number of aryl methyl sites for hydroxylation is 2. The topological polar surface area (TPSA) is 21.6 Å². The average molecular weight is 263 g/mol. The third kappa shape index (κ3) is 3.49. The average Bonchev–Trinajstić information content (AvgIpc) is 2.47. The summed E-state index contributed by atoms with van der Waals surface area (Å²) in [7, 11) is 0. The molecule has 2 nitrogen and oxygen atoms in total. The lowest BCUT2D eigenvalue weighted by atomic mass is 10.1. The highest BCUT2D eigenvalue weighted by atomic mass is 16.5. The van der Waals surface area contributed by atoms with Crippen LogP contribution in [-0.4, -0.2) is 12.8 Å². The van der Waals surface area contributed by atoms with E-state index >= 15 is 0 Å². The van der Waals surface area contributed by atoms with Crippen molar-refractivity contribution in [3.05, 3.63) is 59.2 Å². The standard InChI is InChI=1S/C18H17NO/c1-4-11-20-18-8-6-5-7-16(18)13-19-17-12-14(2)9-10-15(17)3/h1,5-10,12-13H,11H2,2-3H3. The molecule has 100 valence electrons. The molecule has 0 atom stereocenters. The highest BCUT2D eigenvalue weighted by Gasteiger charge is 2.00. The van der Waals surface area contributed by atoms with E-state index in [1.165, 1.54) is 5.56 Å². The molecular formula is C18H17NO. The maximum Gasteiger partial charge on any atom is 0.148 e. The first-order valence-electron chi connectivity index (χ1n) is 6.47. The number of hydrogen-bond donors (Lipinski definition) is 0. The van der Waals surface area contributed by atoms with E-state index in [0.717, 1.165) is 22.6 Å². The molecule has 0 saturated heterocycles. The molecule has 0 heterocycles. The normalized spacial score (nSPS) is 10.4. The Morgan fingerprint density at radius 2 is 2.00 bits per heavy atom. The maximum absolute atomic E-state index is 5.50. The number of benzene rings is 2. The van der Waals surface area contributed by atoms with Gasteiger partial charge in [-0.1, -0.05) is 30.2 Å². The van der Waals surface area contributed by atoms with Gasteiger partial charge in [0.1, 0.15) is 12.4 Å². The first kappa shape index (κ1) is 13.9. The number of terminal acetylenes is 1. The van der Waals surface area contributed by atoms with Crippen molar-refractivity contribution in [1.82, 2.24) is 0 Å². The number of para-hydroxylation sites is 1. The van der Waals surface area contributed by atoms with Crippen LogP contribution in [0.1, 0.15) is 16.7 Å². The summed E-state index contributed by atoms with van der Waals surface area (Å²) in [6, 6.07) is 13.9. The number of aliphatic imine (C=N–C) groups is 1. The van der Waals surface area contributed by atoms with Crippen LogP contribution in [0.5, 0.6) is 5.75 Å². The van der Waals surface area contributed by atoms with E-state index in [-0.39, 0.29) is 6.61 Å². The lowest BCUT2D eigenvalue weighted by Gasteiger charge is -2.06. The van der Waals surface area contributed by atoms with E-state index in [1.54, 1.807) is 0 Å². The molecule has 0 spiro atoms. The van der Waals surface area contributed by atoms with Gasteiger partial charge < -0.3 is 4.74 Å². The predicted molar refractivity (Wildman–Crippen MR) is 83.9 cm³/mol. The zero-order valence-electron chi connectivity index (χ0n) is 11.8. The minimum Gasteiger partial charge on any atom is -0.480 e. The molecule has 0 bridgehead atoms. The third-order valence-corrected chi connectivity index (χ3v) is 2.94. The Kier molecular flexibility index (Phi) is 4.57. The van der Waals surface area contributed by atoms with Gasteiger partial charge in [0.25, 0.3) is 0 Å². The van der Waals surface area contributed by atoms with Crippen molar-refractivity contribution < 1.29 is 4.74 Å². The number of nitrogens with zero attached hydrogens (tertiary/aromatic N) is 1. The predicted octanol–water partition coefficient (Wildman–Crippen LogP) is 4.07. The molecule has 0 aromatic heterocycles. The zero-order chi connectivity index (χ0) is 14.4. The van der Waals surface area contributed by atoms with E-state index in [0.29, 0.717) is 0 Å².